The largest absolute Gasteiger partial charge is 0.357 e. The molecule has 0 heterocycles. The van der Waals surface area contributed by atoms with Crippen LogP contribution < -0.4 is 9.62 Å². The standard InChI is InChI=1S/C23H30BrN3O4S/c1-17-7-5-8-21(15-17)27(32(4,30)31)14-6-9-22(28)26(18(2)23(29)25-3)16-19-10-12-20(24)13-11-19/h5,7-8,10-13,15,18H,6,9,14,16H2,1-4H3,(H,25,29). The number of halogens is 1. The molecule has 7 nitrogen and oxygen atoms in total. The lowest BCUT2D eigenvalue weighted by atomic mass is 10.1. The number of nitrogens with zero attached hydrogens (tertiary/aromatic N) is 2. The zero-order valence-electron chi connectivity index (χ0n) is 18.8. The van der Waals surface area contributed by atoms with E-state index < -0.39 is 16.1 Å². The van der Waals surface area contributed by atoms with Gasteiger partial charge < -0.3 is 10.2 Å². The average molecular weight is 524 g/mol. The zero-order chi connectivity index (χ0) is 23.9. The number of nitrogens with one attached hydrogen (secondary N) is 1. The lowest BCUT2D eigenvalue weighted by Gasteiger charge is -2.29. The predicted octanol–water partition coefficient (Wildman–Crippen LogP) is 3.47. The molecule has 0 fully saturated rings. The summed E-state index contributed by atoms with van der Waals surface area (Å²) >= 11 is 3.39. The highest BCUT2D eigenvalue weighted by Gasteiger charge is 2.26. The van der Waals surface area contributed by atoms with Crippen LogP contribution in [0.2, 0.25) is 0 Å². The first-order chi connectivity index (χ1) is 15.0. The molecule has 0 aliphatic carbocycles. The number of hydrogen-bond donors (Lipinski definition) is 1. The van der Waals surface area contributed by atoms with E-state index in [-0.39, 0.29) is 31.3 Å². The highest BCUT2D eigenvalue weighted by Crippen LogP contribution is 2.20. The lowest BCUT2D eigenvalue weighted by molar-refractivity contribution is -0.140. The van der Waals surface area contributed by atoms with Crippen LogP contribution in [-0.2, 0) is 26.2 Å². The van der Waals surface area contributed by atoms with E-state index in [1.807, 2.05) is 37.3 Å². The van der Waals surface area contributed by atoms with Gasteiger partial charge in [-0.3, -0.25) is 13.9 Å². The van der Waals surface area contributed by atoms with Gasteiger partial charge in [-0.1, -0.05) is 40.2 Å². The van der Waals surface area contributed by atoms with Crippen LogP contribution >= 0.6 is 15.9 Å². The number of hydrogen-bond acceptors (Lipinski definition) is 4. The molecule has 0 bridgehead atoms. The summed E-state index contributed by atoms with van der Waals surface area (Å²) in [4.78, 5) is 26.8. The van der Waals surface area contributed by atoms with Gasteiger partial charge in [0.25, 0.3) is 0 Å². The molecular weight excluding hydrogens is 494 g/mol. The Hall–Kier alpha value is -2.39. The fourth-order valence-corrected chi connectivity index (χ4v) is 4.59. The van der Waals surface area contributed by atoms with Crippen LogP contribution in [0.15, 0.2) is 53.0 Å². The smallest absolute Gasteiger partial charge is 0.242 e. The van der Waals surface area contributed by atoms with E-state index in [1.54, 1.807) is 25.1 Å². The highest BCUT2D eigenvalue weighted by molar-refractivity contribution is 9.10. The maximum atomic E-state index is 13.1. The highest BCUT2D eigenvalue weighted by atomic mass is 79.9. The molecule has 0 aromatic heterocycles. The molecule has 2 aromatic carbocycles. The average Bonchev–Trinajstić information content (AvgIpc) is 2.74. The van der Waals surface area contributed by atoms with E-state index in [4.69, 9.17) is 0 Å². The number of benzene rings is 2. The molecule has 9 heteroatoms. The van der Waals surface area contributed by atoms with Crippen LogP contribution in [0.3, 0.4) is 0 Å². The van der Waals surface area contributed by atoms with Gasteiger partial charge in [0.1, 0.15) is 6.04 Å². The van der Waals surface area contributed by atoms with Gasteiger partial charge in [0, 0.05) is 31.0 Å². The lowest BCUT2D eigenvalue weighted by Crippen LogP contribution is -2.46. The Bertz CT molecular complexity index is 1040. The minimum Gasteiger partial charge on any atom is -0.357 e. The number of aryl methyl sites for hydroxylation is 1. The molecule has 1 N–H and O–H groups in total. The number of anilines is 1. The maximum Gasteiger partial charge on any atom is 0.242 e. The van der Waals surface area contributed by atoms with Crippen molar-refractivity contribution in [1.82, 2.24) is 10.2 Å². The number of rotatable bonds is 10. The molecule has 0 spiro atoms. The number of likely N-dealkylation sites (N-methyl/N-ethyl adjacent to an activating group) is 1. The van der Waals surface area contributed by atoms with Crippen LogP contribution in [-0.4, -0.2) is 51.0 Å². The molecule has 0 saturated heterocycles. The Labute approximate surface area is 199 Å². The van der Waals surface area contributed by atoms with Crippen LogP contribution in [0.25, 0.3) is 0 Å². The summed E-state index contributed by atoms with van der Waals surface area (Å²) in [5.74, 6) is -0.463. The van der Waals surface area contributed by atoms with Crippen molar-refractivity contribution in [2.24, 2.45) is 0 Å². The van der Waals surface area contributed by atoms with Crippen molar-refractivity contribution >= 4 is 43.5 Å². The molecule has 0 aliphatic heterocycles. The van der Waals surface area contributed by atoms with Crippen LogP contribution in [0.5, 0.6) is 0 Å². The van der Waals surface area contributed by atoms with E-state index in [0.717, 1.165) is 21.9 Å². The van der Waals surface area contributed by atoms with E-state index in [0.29, 0.717) is 12.1 Å². The number of carbonyl (C=O) groups excluding carboxylic acids is 2. The van der Waals surface area contributed by atoms with E-state index in [1.165, 1.54) is 16.3 Å². The van der Waals surface area contributed by atoms with Gasteiger partial charge in [0.05, 0.1) is 11.9 Å². The fraction of sp³-hybridized carbons (Fsp3) is 0.391. The van der Waals surface area contributed by atoms with Crippen molar-refractivity contribution in [3.8, 4) is 0 Å². The van der Waals surface area contributed by atoms with Gasteiger partial charge in [0.15, 0.2) is 0 Å². The normalized spacial score (nSPS) is 12.2. The molecule has 0 aliphatic rings. The van der Waals surface area contributed by atoms with Gasteiger partial charge in [-0.15, -0.1) is 0 Å². The third-order valence-corrected chi connectivity index (χ3v) is 6.84. The summed E-state index contributed by atoms with van der Waals surface area (Å²) in [6.45, 7) is 4.04. The van der Waals surface area contributed by atoms with Gasteiger partial charge in [-0.2, -0.15) is 0 Å². The Kier molecular flexibility index (Phi) is 9.27. The van der Waals surface area contributed by atoms with Crippen LogP contribution in [0.1, 0.15) is 30.9 Å². The topological polar surface area (TPSA) is 86.8 Å². The maximum absolute atomic E-state index is 13.1. The predicted molar refractivity (Wildman–Crippen MR) is 131 cm³/mol. The second kappa shape index (κ2) is 11.5. The van der Waals surface area contributed by atoms with Crippen molar-refractivity contribution in [2.45, 2.75) is 39.3 Å². The molecule has 1 atom stereocenters. The third kappa shape index (κ3) is 7.34. The summed E-state index contributed by atoms with van der Waals surface area (Å²) in [6, 6.07) is 14.1. The Morgan fingerprint density at radius 1 is 1.12 bits per heavy atom. The summed E-state index contributed by atoms with van der Waals surface area (Å²) < 4.78 is 26.9. The quantitative estimate of drug-likeness (QED) is 0.516. The summed E-state index contributed by atoms with van der Waals surface area (Å²) in [5.41, 5.74) is 2.42. The van der Waals surface area contributed by atoms with Crippen molar-refractivity contribution < 1.29 is 18.0 Å². The second-order valence-electron chi connectivity index (χ2n) is 7.72. The SMILES string of the molecule is CNC(=O)C(C)N(Cc1ccc(Br)cc1)C(=O)CCCN(c1cccc(C)c1)S(C)(=O)=O. The monoisotopic (exact) mass is 523 g/mol. The van der Waals surface area contributed by atoms with Gasteiger partial charge >= 0.3 is 0 Å². The third-order valence-electron chi connectivity index (χ3n) is 5.12. The minimum atomic E-state index is -3.50. The first kappa shape index (κ1) is 25.9. The summed E-state index contributed by atoms with van der Waals surface area (Å²) in [5, 5.41) is 2.59. The molecule has 0 radical (unpaired) electrons. The molecule has 1 unspecified atom stereocenters. The molecule has 174 valence electrons. The van der Waals surface area contributed by atoms with Crippen LogP contribution in [0, 0.1) is 6.92 Å². The summed E-state index contributed by atoms with van der Waals surface area (Å²) in [6.07, 6.45) is 1.61. The Balaban J connectivity index is 2.13. The molecule has 2 amide bonds. The van der Waals surface area contributed by atoms with Crippen molar-refractivity contribution in [2.75, 3.05) is 24.2 Å². The van der Waals surface area contributed by atoms with Gasteiger partial charge in [0.2, 0.25) is 21.8 Å². The second-order valence-corrected chi connectivity index (χ2v) is 10.5. The number of amides is 2. The summed E-state index contributed by atoms with van der Waals surface area (Å²) in [7, 11) is -1.96. The fourth-order valence-electron chi connectivity index (χ4n) is 3.37. The van der Waals surface area contributed by atoms with Gasteiger partial charge in [-0.25, -0.2) is 8.42 Å². The van der Waals surface area contributed by atoms with Crippen molar-refractivity contribution in [3.05, 3.63) is 64.1 Å². The Morgan fingerprint density at radius 3 is 2.34 bits per heavy atom. The zero-order valence-corrected chi connectivity index (χ0v) is 21.2. The van der Waals surface area contributed by atoms with Crippen molar-refractivity contribution in [1.29, 1.82) is 0 Å². The van der Waals surface area contributed by atoms with Crippen molar-refractivity contribution in [3.63, 3.8) is 0 Å². The Morgan fingerprint density at radius 2 is 1.78 bits per heavy atom. The van der Waals surface area contributed by atoms with E-state index >= 15 is 0 Å². The molecule has 2 rings (SSSR count). The number of carbonyl (C=O) groups is 2. The minimum absolute atomic E-state index is 0.121. The molecule has 2 aromatic rings. The van der Waals surface area contributed by atoms with Gasteiger partial charge in [-0.05, 0) is 55.7 Å². The molecule has 0 saturated carbocycles. The van der Waals surface area contributed by atoms with E-state index in [9.17, 15) is 18.0 Å². The first-order valence-electron chi connectivity index (χ1n) is 10.3. The number of sulfonamides is 1. The van der Waals surface area contributed by atoms with E-state index in [2.05, 4.69) is 21.2 Å². The molecular formula is C23H30BrN3O4S. The van der Waals surface area contributed by atoms with Crippen LogP contribution in [0.4, 0.5) is 5.69 Å². The first-order valence-corrected chi connectivity index (χ1v) is 13.0. The molecule has 32 heavy (non-hydrogen) atoms.